The molecule has 0 aliphatic rings. The van der Waals surface area contributed by atoms with Crippen molar-refractivity contribution < 1.29 is 23.5 Å². The number of carbonyl (C=O) groups excluding carboxylic acids is 2. The first-order valence-corrected chi connectivity index (χ1v) is 10.7. The van der Waals surface area contributed by atoms with Crippen LogP contribution in [-0.4, -0.2) is 30.3 Å². The van der Waals surface area contributed by atoms with Gasteiger partial charge in [0.05, 0.1) is 13.0 Å². The van der Waals surface area contributed by atoms with Gasteiger partial charge < -0.3 is 14.8 Å². The Hall–Kier alpha value is -2.60. The molecule has 1 aromatic carbocycles. The van der Waals surface area contributed by atoms with Crippen LogP contribution in [0.4, 0.5) is 9.18 Å². The second-order valence-corrected chi connectivity index (χ2v) is 8.54. The van der Waals surface area contributed by atoms with Crippen LogP contribution in [0.2, 0.25) is 0 Å². The van der Waals surface area contributed by atoms with E-state index in [2.05, 4.69) is 11.9 Å². The molecule has 0 radical (unpaired) electrons. The first-order chi connectivity index (χ1) is 14.8. The van der Waals surface area contributed by atoms with E-state index in [-0.39, 0.29) is 24.3 Å². The van der Waals surface area contributed by atoms with Gasteiger partial charge in [0.2, 0.25) is 0 Å². The summed E-state index contributed by atoms with van der Waals surface area (Å²) < 4.78 is 23.2. The molecule has 0 heterocycles. The number of hydrogen-bond acceptors (Lipinski definition) is 4. The van der Waals surface area contributed by atoms with Crippen LogP contribution < -0.4 is 5.32 Å². The number of halogens is 2. The highest BCUT2D eigenvalue weighted by molar-refractivity contribution is 6.31. The van der Waals surface area contributed by atoms with Crippen LogP contribution in [0.15, 0.2) is 53.9 Å². The predicted octanol–water partition coefficient (Wildman–Crippen LogP) is 6.86. The molecule has 1 amide bonds. The van der Waals surface area contributed by atoms with Crippen LogP contribution >= 0.6 is 11.6 Å². The van der Waals surface area contributed by atoms with Crippen molar-refractivity contribution in [3.8, 4) is 0 Å². The van der Waals surface area contributed by atoms with Gasteiger partial charge >= 0.3 is 12.1 Å². The fraction of sp³-hybridized carbons (Fsp3) is 0.440. The number of allylic oxidation sites excluding steroid dienone is 5. The molecule has 0 aliphatic heterocycles. The molecule has 1 atom stereocenters. The van der Waals surface area contributed by atoms with Gasteiger partial charge in [0.15, 0.2) is 0 Å². The van der Waals surface area contributed by atoms with E-state index in [0.717, 1.165) is 11.1 Å². The van der Waals surface area contributed by atoms with E-state index < -0.39 is 11.7 Å². The minimum Gasteiger partial charge on any atom is -0.466 e. The molecule has 0 fully saturated rings. The van der Waals surface area contributed by atoms with E-state index in [9.17, 15) is 14.0 Å². The average molecular weight is 468 g/mol. The quantitative estimate of drug-likeness (QED) is 0.351. The summed E-state index contributed by atoms with van der Waals surface area (Å²) in [6.45, 7) is 16.1. The maximum absolute atomic E-state index is 13.4. The first kappa shape index (κ1) is 29.4. The van der Waals surface area contributed by atoms with Gasteiger partial charge in [-0.05, 0) is 60.1 Å². The van der Waals surface area contributed by atoms with Crippen LogP contribution in [0, 0.1) is 6.92 Å². The second-order valence-electron chi connectivity index (χ2n) is 8.10. The van der Waals surface area contributed by atoms with Crippen LogP contribution in [0.3, 0.4) is 0 Å². The van der Waals surface area contributed by atoms with E-state index in [0.29, 0.717) is 17.2 Å². The number of esters is 1. The molecule has 0 saturated carbocycles. The summed E-state index contributed by atoms with van der Waals surface area (Å²) >= 11 is 5.83. The zero-order chi connectivity index (χ0) is 24.9. The molecule has 0 aliphatic carbocycles. The van der Waals surface area contributed by atoms with Crippen molar-refractivity contribution in [1.82, 2.24) is 5.32 Å². The van der Waals surface area contributed by atoms with Gasteiger partial charge in [0.1, 0.15) is 11.4 Å². The monoisotopic (exact) mass is 467 g/mol. The number of hydrogen-bond donors (Lipinski definition) is 1. The number of amides is 1. The molecule has 0 saturated heterocycles. The molecule has 32 heavy (non-hydrogen) atoms. The van der Waals surface area contributed by atoms with Crippen molar-refractivity contribution in [1.29, 1.82) is 0 Å². The Morgan fingerprint density at radius 3 is 2.25 bits per heavy atom. The smallest absolute Gasteiger partial charge is 0.407 e. The van der Waals surface area contributed by atoms with E-state index in [4.69, 9.17) is 21.1 Å². The van der Waals surface area contributed by atoms with Crippen molar-refractivity contribution in [3.05, 3.63) is 65.0 Å². The molecule has 1 unspecified atom stereocenters. The highest BCUT2D eigenvalue weighted by Gasteiger charge is 2.19. The molecule has 1 aromatic rings. The topological polar surface area (TPSA) is 64.6 Å². The highest BCUT2D eigenvalue weighted by atomic mass is 35.5. The Bertz CT molecular complexity index is 819. The maximum atomic E-state index is 13.4. The Balaban J connectivity index is 0.000000601. The van der Waals surface area contributed by atoms with Crippen molar-refractivity contribution in [2.24, 2.45) is 0 Å². The van der Waals surface area contributed by atoms with Crippen molar-refractivity contribution in [3.63, 3.8) is 0 Å². The number of carbonyl (C=O) groups is 2. The molecule has 7 heteroatoms. The summed E-state index contributed by atoms with van der Waals surface area (Å²) in [4.78, 5) is 22.4. The molecule has 0 bridgehead atoms. The van der Waals surface area contributed by atoms with Crippen molar-refractivity contribution >= 4 is 29.2 Å². The van der Waals surface area contributed by atoms with Gasteiger partial charge in [-0.2, -0.15) is 0 Å². The van der Waals surface area contributed by atoms with Gasteiger partial charge in [0, 0.05) is 16.6 Å². The number of alkyl carbamates (subject to hydrolysis) is 1. The number of nitrogens with one attached hydrogen (secondary N) is 1. The number of benzene rings is 1. The minimum absolute atomic E-state index is 0.146. The normalized spacial score (nSPS) is 13.1. The Kier molecular flexibility index (Phi) is 13.3. The van der Waals surface area contributed by atoms with Gasteiger partial charge in [-0.15, -0.1) is 0 Å². The van der Waals surface area contributed by atoms with E-state index >= 15 is 0 Å². The number of rotatable bonds is 7. The second kappa shape index (κ2) is 14.5. The van der Waals surface area contributed by atoms with Gasteiger partial charge in [0.25, 0.3) is 0 Å². The predicted molar refractivity (Wildman–Crippen MR) is 129 cm³/mol. The van der Waals surface area contributed by atoms with Crippen LogP contribution in [0.1, 0.15) is 59.1 Å². The lowest BCUT2D eigenvalue weighted by Crippen LogP contribution is -2.38. The van der Waals surface area contributed by atoms with Crippen LogP contribution in [-0.2, 0) is 14.3 Å². The lowest BCUT2D eigenvalue weighted by atomic mass is 10.0. The van der Waals surface area contributed by atoms with Crippen LogP contribution in [0.5, 0.6) is 0 Å². The molecule has 0 aromatic heterocycles. The summed E-state index contributed by atoms with van der Waals surface area (Å²) in [5.41, 5.74) is 1.90. The number of ether oxygens (including phenoxy) is 2. The van der Waals surface area contributed by atoms with Crippen molar-refractivity contribution in [2.75, 3.05) is 6.61 Å². The standard InChI is InChI=1S/C14H14ClF.C11H21NO4/c1-4-13(15)9-14(11(3)16)12-7-5-10(2)6-8-12;1-6-15-9(13)7-8(2)12-10(14)16-11(3,4)5/h4-9H,1H2,2-3H3;8H,6-7H2,1-5H3,(H,12,14)/b13-9+,14-11-;. The van der Waals surface area contributed by atoms with Crippen molar-refractivity contribution in [2.45, 2.75) is 66.5 Å². The first-order valence-electron chi connectivity index (χ1n) is 10.4. The van der Waals surface area contributed by atoms with Gasteiger partial charge in [-0.1, -0.05) is 54.1 Å². The number of aryl methyl sites for hydroxylation is 1. The molecular formula is C25H35ClFNO4. The molecule has 5 nitrogen and oxygen atoms in total. The summed E-state index contributed by atoms with van der Waals surface area (Å²) in [6, 6.07) is 7.32. The lowest BCUT2D eigenvalue weighted by molar-refractivity contribution is -0.143. The third kappa shape index (κ3) is 13.7. The van der Waals surface area contributed by atoms with E-state index in [1.54, 1.807) is 40.7 Å². The fourth-order valence-electron chi connectivity index (χ4n) is 2.34. The third-order valence-electron chi connectivity index (χ3n) is 3.75. The molecule has 1 rings (SSSR count). The Labute approximate surface area is 196 Å². The fourth-order valence-corrected chi connectivity index (χ4v) is 2.45. The molecule has 0 spiro atoms. The van der Waals surface area contributed by atoms with Crippen LogP contribution in [0.25, 0.3) is 5.57 Å². The minimum atomic E-state index is -0.534. The molecule has 1 N–H and O–H groups in total. The zero-order valence-corrected chi connectivity index (χ0v) is 20.8. The summed E-state index contributed by atoms with van der Waals surface area (Å²) in [5, 5.41) is 2.99. The maximum Gasteiger partial charge on any atom is 0.407 e. The highest BCUT2D eigenvalue weighted by Crippen LogP contribution is 2.24. The summed E-state index contributed by atoms with van der Waals surface area (Å²) in [6.07, 6.45) is 2.68. The molecule has 178 valence electrons. The Morgan fingerprint density at radius 1 is 1.25 bits per heavy atom. The largest absolute Gasteiger partial charge is 0.466 e. The van der Waals surface area contributed by atoms with E-state index in [1.165, 1.54) is 13.0 Å². The summed E-state index contributed by atoms with van der Waals surface area (Å²) in [7, 11) is 0. The lowest BCUT2D eigenvalue weighted by Gasteiger charge is -2.21. The van der Waals surface area contributed by atoms with Gasteiger partial charge in [-0.3, -0.25) is 4.79 Å². The molecular weight excluding hydrogens is 433 g/mol. The van der Waals surface area contributed by atoms with Gasteiger partial charge in [-0.25, -0.2) is 9.18 Å². The van der Waals surface area contributed by atoms with E-state index in [1.807, 2.05) is 31.2 Å². The zero-order valence-electron chi connectivity index (χ0n) is 20.1. The summed E-state index contributed by atoms with van der Waals surface area (Å²) in [5.74, 6) is -0.588. The SMILES string of the molecule is C=C/C(Cl)=C\C(=C(/C)F)c1ccc(C)cc1.CCOC(=O)CC(C)NC(=O)OC(C)(C)C. The third-order valence-corrected chi connectivity index (χ3v) is 4.02. The Morgan fingerprint density at radius 2 is 1.81 bits per heavy atom. The average Bonchev–Trinajstić information content (AvgIpc) is 2.65.